The predicted molar refractivity (Wildman–Crippen MR) is 119 cm³/mol. The third-order valence-electron chi connectivity index (χ3n) is 5.31. The lowest BCUT2D eigenvalue weighted by molar-refractivity contribution is 1.17. The summed E-state index contributed by atoms with van der Waals surface area (Å²) in [7, 11) is 0. The number of anilines is 6. The zero-order valence-electron chi connectivity index (χ0n) is 16.1. The summed E-state index contributed by atoms with van der Waals surface area (Å²) in [5, 5.41) is 0. The number of hydrogen-bond donors (Lipinski definition) is 0. The fraction of sp³-hybridized carbons (Fsp3) is 0.0769. The number of fused-ring (bicyclic) bond motifs is 2. The van der Waals surface area contributed by atoms with Gasteiger partial charge in [-0.2, -0.15) is 0 Å². The van der Waals surface area contributed by atoms with Crippen molar-refractivity contribution in [3.8, 4) is 0 Å². The molecule has 4 aromatic carbocycles. The van der Waals surface area contributed by atoms with E-state index in [4.69, 9.17) is 0 Å². The maximum absolute atomic E-state index is 2.36. The minimum Gasteiger partial charge on any atom is -0.306 e. The minimum absolute atomic E-state index is 1.18. The molecule has 0 saturated heterocycles. The molecular weight excluding hydrogens is 340 g/mol. The normalized spacial score (nSPS) is 12.5. The fourth-order valence-corrected chi connectivity index (χ4v) is 3.89. The van der Waals surface area contributed by atoms with Crippen molar-refractivity contribution in [2.45, 2.75) is 13.8 Å². The van der Waals surface area contributed by atoms with E-state index in [0.717, 1.165) is 0 Å². The number of hydrogen-bond acceptors (Lipinski definition) is 2. The Labute approximate surface area is 166 Å². The van der Waals surface area contributed by atoms with Gasteiger partial charge < -0.3 is 9.80 Å². The highest BCUT2D eigenvalue weighted by Crippen LogP contribution is 2.53. The van der Waals surface area contributed by atoms with E-state index in [1.54, 1.807) is 0 Å². The fourth-order valence-electron chi connectivity index (χ4n) is 3.89. The van der Waals surface area contributed by atoms with Crippen molar-refractivity contribution in [3.63, 3.8) is 0 Å². The first-order valence-corrected chi connectivity index (χ1v) is 9.64. The zero-order valence-corrected chi connectivity index (χ0v) is 16.1. The molecule has 0 amide bonds. The molecule has 0 atom stereocenters. The molecular formula is C26H22N2. The van der Waals surface area contributed by atoms with Gasteiger partial charge in [0.25, 0.3) is 0 Å². The van der Waals surface area contributed by atoms with Crippen molar-refractivity contribution in [1.29, 1.82) is 0 Å². The summed E-state index contributed by atoms with van der Waals surface area (Å²) in [6.07, 6.45) is 0. The molecule has 0 bridgehead atoms. The minimum atomic E-state index is 1.18. The van der Waals surface area contributed by atoms with Crippen LogP contribution in [-0.4, -0.2) is 0 Å². The number of benzene rings is 4. The van der Waals surface area contributed by atoms with Gasteiger partial charge in [-0.05, 0) is 62.4 Å². The second-order valence-corrected chi connectivity index (χ2v) is 7.32. The molecule has 1 aliphatic heterocycles. The topological polar surface area (TPSA) is 6.48 Å². The van der Waals surface area contributed by atoms with Gasteiger partial charge >= 0.3 is 0 Å². The van der Waals surface area contributed by atoms with Crippen molar-refractivity contribution < 1.29 is 0 Å². The van der Waals surface area contributed by atoms with Crippen LogP contribution >= 0.6 is 0 Å². The Balaban J connectivity index is 1.76. The SMILES string of the molecule is Cc1ccc(N2c3ccccc3N(c3ccc(C)cc3)c3ccccc32)cc1. The average Bonchev–Trinajstić information content (AvgIpc) is 2.74. The van der Waals surface area contributed by atoms with Crippen LogP contribution in [0.1, 0.15) is 11.1 Å². The van der Waals surface area contributed by atoms with Crippen LogP contribution in [0, 0.1) is 13.8 Å². The van der Waals surface area contributed by atoms with E-state index in [1.807, 2.05) is 0 Å². The van der Waals surface area contributed by atoms with Gasteiger partial charge in [-0.15, -0.1) is 0 Å². The highest BCUT2D eigenvalue weighted by molar-refractivity contribution is 6.01. The van der Waals surface area contributed by atoms with Gasteiger partial charge in [0.05, 0.1) is 22.7 Å². The highest BCUT2D eigenvalue weighted by atomic mass is 15.3. The third-order valence-corrected chi connectivity index (χ3v) is 5.31. The molecule has 2 heteroatoms. The Morgan fingerprint density at radius 1 is 0.393 bits per heavy atom. The van der Waals surface area contributed by atoms with Gasteiger partial charge in [0.2, 0.25) is 0 Å². The van der Waals surface area contributed by atoms with Crippen LogP contribution < -0.4 is 9.80 Å². The molecule has 0 aromatic heterocycles. The van der Waals surface area contributed by atoms with Crippen molar-refractivity contribution >= 4 is 34.1 Å². The van der Waals surface area contributed by atoms with Crippen LogP contribution in [-0.2, 0) is 0 Å². The summed E-state index contributed by atoms with van der Waals surface area (Å²) in [4.78, 5) is 4.71. The number of aryl methyl sites for hydroxylation is 2. The Kier molecular flexibility index (Phi) is 3.91. The number of nitrogens with zero attached hydrogens (tertiary/aromatic N) is 2. The molecule has 0 saturated carbocycles. The van der Waals surface area contributed by atoms with Gasteiger partial charge in [0.1, 0.15) is 0 Å². The average molecular weight is 362 g/mol. The van der Waals surface area contributed by atoms with E-state index in [9.17, 15) is 0 Å². The largest absolute Gasteiger partial charge is 0.306 e. The van der Waals surface area contributed by atoms with Crippen LogP contribution in [0.4, 0.5) is 34.1 Å². The molecule has 1 aliphatic rings. The van der Waals surface area contributed by atoms with Gasteiger partial charge in [0.15, 0.2) is 0 Å². The molecule has 0 fully saturated rings. The molecule has 1 heterocycles. The zero-order chi connectivity index (χ0) is 19.1. The maximum Gasteiger partial charge on any atom is 0.0703 e. The number of para-hydroxylation sites is 4. The van der Waals surface area contributed by atoms with Gasteiger partial charge in [-0.25, -0.2) is 0 Å². The van der Waals surface area contributed by atoms with E-state index < -0.39 is 0 Å². The van der Waals surface area contributed by atoms with Crippen LogP contribution in [0.25, 0.3) is 0 Å². The van der Waals surface area contributed by atoms with Crippen LogP contribution in [0.5, 0.6) is 0 Å². The van der Waals surface area contributed by atoms with E-state index >= 15 is 0 Å². The van der Waals surface area contributed by atoms with Crippen LogP contribution in [0.3, 0.4) is 0 Å². The lowest BCUT2D eigenvalue weighted by atomic mass is 10.0. The van der Waals surface area contributed by atoms with E-state index in [0.29, 0.717) is 0 Å². The summed E-state index contributed by atoms with van der Waals surface area (Å²) in [6, 6.07) is 34.7. The van der Waals surface area contributed by atoms with E-state index in [2.05, 4.69) is 121 Å². The third kappa shape index (κ3) is 2.66. The molecule has 0 aliphatic carbocycles. The summed E-state index contributed by atoms with van der Waals surface area (Å²) in [5.74, 6) is 0. The lowest BCUT2D eigenvalue weighted by Crippen LogP contribution is -2.23. The van der Waals surface area contributed by atoms with E-state index in [-0.39, 0.29) is 0 Å². The first-order chi connectivity index (χ1) is 13.7. The molecule has 0 radical (unpaired) electrons. The van der Waals surface area contributed by atoms with E-state index in [1.165, 1.54) is 45.3 Å². The van der Waals surface area contributed by atoms with Crippen molar-refractivity contribution in [3.05, 3.63) is 108 Å². The molecule has 5 rings (SSSR count). The quantitative estimate of drug-likeness (QED) is 0.320. The molecule has 136 valence electrons. The lowest BCUT2D eigenvalue weighted by Gasteiger charge is -2.40. The van der Waals surface area contributed by atoms with Crippen molar-refractivity contribution in [2.24, 2.45) is 0 Å². The number of rotatable bonds is 2. The van der Waals surface area contributed by atoms with Crippen molar-refractivity contribution in [1.82, 2.24) is 0 Å². The van der Waals surface area contributed by atoms with Gasteiger partial charge in [-0.1, -0.05) is 59.7 Å². The molecule has 0 unspecified atom stereocenters. The van der Waals surface area contributed by atoms with Gasteiger partial charge in [0, 0.05) is 11.4 Å². The second kappa shape index (κ2) is 6.58. The Hall–Kier alpha value is -3.52. The summed E-state index contributed by atoms with van der Waals surface area (Å²) >= 11 is 0. The molecule has 28 heavy (non-hydrogen) atoms. The first kappa shape index (κ1) is 16.6. The standard InChI is InChI=1S/C26H22N2/c1-19-11-15-21(16-12-19)27-23-7-3-5-9-25(23)28(22-17-13-20(2)14-18-22)26-10-6-4-8-24(26)27/h3-18H,1-2H3. The molecule has 0 N–H and O–H groups in total. The second-order valence-electron chi connectivity index (χ2n) is 7.32. The monoisotopic (exact) mass is 362 g/mol. The Morgan fingerprint density at radius 3 is 0.964 bits per heavy atom. The van der Waals surface area contributed by atoms with Crippen LogP contribution in [0.2, 0.25) is 0 Å². The maximum atomic E-state index is 2.36. The molecule has 2 nitrogen and oxygen atoms in total. The van der Waals surface area contributed by atoms with Crippen molar-refractivity contribution in [2.75, 3.05) is 9.80 Å². The van der Waals surface area contributed by atoms with Gasteiger partial charge in [-0.3, -0.25) is 0 Å². The predicted octanol–water partition coefficient (Wildman–Crippen LogP) is 7.56. The highest BCUT2D eigenvalue weighted by Gasteiger charge is 2.29. The first-order valence-electron chi connectivity index (χ1n) is 9.64. The molecule has 0 spiro atoms. The summed E-state index contributed by atoms with van der Waals surface area (Å²) in [6.45, 7) is 4.25. The summed E-state index contributed by atoms with van der Waals surface area (Å²) < 4.78 is 0. The Bertz CT molecular complexity index is 989. The molecule has 4 aromatic rings. The summed E-state index contributed by atoms with van der Waals surface area (Å²) in [5.41, 5.74) is 9.63. The van der Waals surface area contributed by atoms with Crippen LogP contribution in [0.15, 0.2) is 97.1 Å². The Morgan fingerprint density at radius 2 is 0.679 bits per heavy atom. The smallest absolute Gasteiger partial charge is 0.0703 e.